The number of carbonyl (C=O) groups is 2. The van der Waals surface area contributed by atoms with Crippen LogP contribution < -0.4 is 15.4 Å². The number of allylic oxidation sites excluding steroid dienone is 1. The standard InChI is InChI=1S/C25H30FN3O4/c1-5-17(3)25(29-19-9-7-18(8-10-19)28-23(31)11-12-30)24-21(26)15-20(33-14-13-32-4)16-22(24)27-6-2/h6-10,12,15-16,29H,5,11,13-14H2,1-4H3,(H,28,31). The van der Waals surface area contributed by atoms with E-state index in [1.165, 1.54) is 6.07 Å². The van der Waals surface area contributed by atoms with E-state index < -0.39 is 5.82 Å². The number of anilines is 2. The van der Waals surface area contributed by atoms with Gasteiger partial charge in [0.25, 0.3) is 0 Å². The van der Waals surface area contributed by atoms with Crippen molar-refractivity contribution < 1.29 is 23.5 Å². The second-order valence-electron chi connectivity index (χ2n) is 7.16. The molecule has 7 nitrogen and oxygen atoms in total. The van der Waals surface area contributed by atoms with Crippen LogP contribution in [0.3, 0.4) is 0 Å². The van der Waals surface area contributed by atoms with Gasteiger partial charge in [-0.2, -0.15) is 0 Å². The summed E-state index contributed by atoms with van der Waals surface area (Å²) in [5.41, 5.74) is 3.60. The Balaban J connectivity index is 2.39. The van der Waals surface area contributed by atoms with Crippen LogP contribution in [0.1, 0.15) is 39.2 Å². The maximum Gasteiger partial charge on any atom is 0.231 e. The molecule has 0 aliphatic heterocycles. The van der Waals surface area contributed by atoms with Crippen LogP contribution >= 0.6 is 0 Å². The van der Waals surface area contributed by atoms with Crippen molar-refractivity contribution in [1.82, 2.24) is 0 Å². The first-order chi connectivity index (χ1) is 15.9. The molecule has 0 spiro atoms. The minimum atomic E-state index is -0.460. The molecule has 0 aromatic heterocycles. The van der Waals surface area contributed by atoms with Gasteiger partial charge in [-0.15, -0.1) is 0 Å². The normalized spacial score (nSPS) is 11.8. The zero-order valence-corrected chi connectivity index (χ0v) is 19.4. The van der Waals surface area contributed by atoms with Gasteiger partial charge in [0.1, 0.15) is 24.5 Å². The molecule has 0 unspecified atom stereocenters. The molecule has 0 atom stereocenters. The number of hydrogen-bond donors (Lipinski definition) is 2. The number of aldehydes is 1. The van der Waals surface area contributed by atoms with Crippen LogP contribution in [0.25, 0.3) is 5.70 Å². The predicted octanol–water partition coefficient (Wildman–Crippen LogP) is 5.35. The maximum absolute atomic E-state index is 15.3. The largest absolute Gasteiger partial charge is 0.491 e. The number of amides is 1. The molecule has 0 fully saturated rings. The summed E-state index contributed by atoms with van der Waals surface area (Å²) in [6.07, 6.45) is 2.65. The van der Waals surface area contributed by atoms with E-state index in [-0.39, 0.29) is 12.3 Å². The fraction of sp³-hybridized carbons (Fsp3) is 0.320. The van der Waals surface area contributed by atoms with Crippen LogP contribution in [0.5, 0.6) is 5.75 Å². The summed E-state index contributed by atoms with van der Waals surface area (Å²) in [6.45, 7) is 6.38. The van der Waals surface area contributed by atoms with Crippen LogP contribution in [-0.4, -0.2) is 38.7 Å². The van der Waals surface area contributed by atoms with Crippen LogP contribution in [0.4, 0.5) is 21.5 Å². The zero-order chi connectivity index (χ0) is 24.2. The average molecular weight is 456 g/mol. The maximum atomic E-state index is 15.3. The molecule has 2 aromatic carbocycles. The molecule has 0 heterocycles. The number of hydrogen-bond acceptors (Lipinski definition) is 6. The van der Waals surface area contributed by atoms with Crippen LogP contribution in [0.2, 0.25) is 0 Å². The van der Waals surface area contributed by atoms with Gasteiger partial charge in [-0.3, -0.25) is 9.79 Å². The quantitative estimate of drug-likeness (QED) is 0.195. The third-order valence-corrected chi connectivity index (χ3v) is 4.78. The fourth-order valence-corrected chi connectivity index (χ4v) is 3.01. The lowest BCUT2D eigenvalue weighted by Crippen LogP contribution is -2.11. The van der Waals surface area contributed by atoms with Gasteiger partial charge in [-0.25, -0.2) is 4.39 Å². The van der Waals surface area contributed by atoms with Gasteiger partial charge < -0.3 is 24.9 Å². The van der Waals surface area contributed by atoms with E-state index >= 15 is 4.39 Å². The predicted molar refractivity (Wildman–Crippen MR) is 130 cm³/mol. The summed E-state index contributed by atoms with van der Waals surface area (Å²) < 4.78 is 25.9. The van der Waals surface area contributed by atoms with Crippen molar-refractivity contribution in [2.45, 2.75) is 33.6 Å². The van der Waals surface area contributed by atoms with Gasteiger partial charge in [0, 0.05) is 42.5 Å². The van der Waals surface area contributed by atoms with Crippen molar-refractivity contribution in [3.05, 3.63) is 53.4 Å². The van der Waals surface area contributed by atoms with E-state index in [0.29, 0.717) is 60.0 Å². The topological polar surface area (TPSA) is 89.0 Å². The molecule has 2 N–H and O–H groups in total. The lowest BCUT2D eigenvalue weighted by atomic mass is 10.0. The van der Waals surface area contributed by atoms with Crippen molar-refractivity contribution in [2.75, 3.05) is 31.0 Å². The Labute approximate surface area is 193 Å². The van der Waals surface area contributed by atoms with Crippen molar-refractivity contribution in [3.63, 3.8) is 0 Å². The molecule has 0 saturated heterocycles. The summed E-state index contributed by atoms with van der Waals surface area (Å²) in [7, 11) is 1.57. The summed E-state index contributed by atoms with van der Waals surface area (Å²) in [6, 6.07) is 9.99. The molecule has 8 heteroatoms. The van der Waals surface area contributed by atoms with Gasteiger partial charge in [0.15, 0.2) is 0 Å². The third kappa shape index (κ3) is 7.54. The number of rotatable bonds is 12. The number of halogens is 1. The minimum absolute atomic E-state index is 0.201. The Hall–Kier alpha value is -3.52. The summed E-state index contributed by atoms with van der Waals surface area (Å²) in [5.74, 6) is -0.471. The number of aliphatic imine (C=N–C) groups is 1. The number of nitrogens with one attached hydrogen (secondary N) is 2. The van der Waals surface area contributed by atoms with E-state index in [4.69, 9.17) is 9.47 Å². The van der Waals surface area contributed by atoms with Crippen molar-refractivity contribution in [2.24, 2.45) is 4.99 Å². The highest BCUT2D eigenvalue weighted by atomic mass is 19.1. The SMILES string of the molecule is CC=Nc1cc(OCCOC)cc(F)c1C(Nc1ccc(NC(=O)CC=O)cc1)=C(C)CC. The Morgan fingerprint density at radius 3 is 2.36 bits per heavy atom. The van der Waals surface area contributed by atoms with Crippen LogP contribution in [0, 0.1) is 5.82 Å². The molecule has 0 radical (unpaired) electrons. The van der Waals surface area contributed by atoms with Crippen LogP contribution in [0.15, 0.2) is 47.0 Å². The fourth-order valence-electron chi connectivity index (χ4n) is 3.01. The molecule has 2 rings (SSSR count). The molecular formula is C25H30FN3O4. The second kappa shape index (κ2) is 13.1. The van der Waals surface area contributed by atoms with E-state index in [9.17, 15) is 9.59 Å². The zero-order valence-electron chi connectivity index (χ0n) is 19.4. The molecular weight excluding hydrogens is 425 g/mol. The molecule has 0 aliphatic rings. The second-order valence-corrected chi connectivity index (χ2v) is 7.16. The van der Waals surface area contributed by atoms with Crippen molar-refractivity contribution in [3.8, 4) is 5.75 Å². The summed E-state index contributed by atoms with van der Waals surface area (Å²) >= 11 is 0. The van der Waals surface area contributed by atoms with Crippen LogP contribution in [-0.2, 0) is 14.3 Å². The number of nitrogens with zero attached hydrogens (tertiary/aromatic N) is 1. The summed E-state index contributed by atoms with van der Waals surface area (Å²) in [4.78, 5) is 26.4. The lowest BCUT2D eigenvalue weighted by Gasteiger charge is -2.19. The highest BCUT2D eigenvalue weighted by molar-refractivity contribution is 5.98. The molecule has 2 aromatic rings. The molecule has 0 aliphatic carbocycles. The monoisotopic (exact) mass is 455 g/mol. The summed E-state index contributed by atoms with van der Waals surface area (Å²) in [5, 5.41) is 5.94. The first-order valence-electron chi connectivity index (χ1n) is 10.7. The van der Waals surface area contributed by atoms with Crippen molar-refractivity contribution >= 4 is 41.2 Å². The van der Waals surface area contributed by atoms with Gasteiger partial charge in [0.2, 0.25) is 5.91 Å². The number of benzene rings is 2. The molecule has 0 bridgehead atoms. The molecule has 176 valence electrons. The van der Waals surface area contributed by atoms with Gasteiger partial charge in [0.05, 0.1) is 24.3 Å². The Morgan fingerprint density at radius 1 is 1.12 bits per heavy atom. The highest BCUT2D eigenvalue weighted by Gasteiger charge is 2.18. The van der Waals surface area contributed by atoms with Crippen molar-refractivity contribution in [1.29, 1.82) is 0 Å². The van der Waals surface area contributed by atoms with Gasteiger partial charge in [-0.1, -0.05) is 6.92 Å². The first kappa shape index (κ1) is 25.7. The minimum Gasteiger partial charge on any atom is -0.491 e. The molecule has 1 amide bonds. The molecule has 0 saturated carbocycles. The number of carbonyl (C=O) groups excluding carboxylic acids is 2. The lowest BCUT2D eigenvalue weighted by molar-refractivity contribution is -0.119. The molecule has 33 heavy (non-hydrogen) atoms. The van der Waals surface area contributed by atoms with Gasteiger partial charge >= 0.3 is 0 Å². The van der Waals surface area contributed by atoms with E-state index in [2.05, 4.69) is 15.6 Å². The number of ether oxygens (including phenoxy) is 2. The third-order valence-electron chi connectivity index (χ3n) is 4.78. The smallest absolute Gasteiger partial charge is 0.231 e. The Kier molecular flexibility index (Phi) is 10.2. The van der Waals surface area contributed by atoms with E-state index in [1.807, 2.05) is 13.8 Å². The number of methoxy groups -OCH3 is 1. The Morgan fingerprint density at radius 2 is 1.79 bits per heavy atom. The van der Waals surface area contributed by atoms with Gasteiger partial charge in [-0.05, 0) is 50.1 Å². The van der Waals surface area contributed by atoms with E-state index in [1.54, 1.807) is 50.6 Å². The Bertz CT molecular complexity index is 1020. The highest BCUT2D eigenvalue weighted by Crippen LogP contribution is 2.36. The van der Waals surface area contributed by atoms with E-state index in [0.717, 1.165) is 5.57 Å². The first-order valence-corrected chi connectivity index (χ1v) is 10.7. The average Bonchev–Trinajstić information content (AvgIpc) is 2.79.